The predicted molar refractivity (Wildman–Crippen MR) is 65.4 cm³/mol. The topological polar surface area (TPSA) is 77.2 Å². The van der Waals surface area contributed by atoms with E-state index < -0.39 is 0 Å². The highest BCUT2D eigenvalue weighted by Crippen LogP contribution is 2.13. The van der Waals surface area contributed by atoms with Crippen molar-refractivity contribution in [2.24, 2.45) is 0 Å². The van der Waals surface area contributed by atoms with Crippen molar-refractivity contribution in [1.29, 1.82) is 0 Å². The molecule has 3 N–H and O–H groups in total. The van der Waals surface area contributed by atoms with Crippen LogP contribution in [0.1, 0.15) is 19.0 Å². The van der Waals surface area contributed by atoms with Crippen LogP contribution in [0.5, 0.6) is 5.88 Å². The Morgan fingerprint density at radius 3 is 3.00 bits per heavy atom. The number of anilines is 1. The van der Waals surface area contributed by atoms with Crippen LogP contribution in [-0.2, 0) is 4.79 Å². The lowest BCUT2D eigenvalue weighted by molar-refractivity contribution is -0.118. The zero-order chi connectivity index (χ0) is 12.7. The number of nitrogen functional groups attached to an aromatic ring is 1. The monoisotopic (exact) mass is 233 g/mol. The molecule has 1 aromatic rings. The molecule has 0 aliphatic rings. The summed E-state index contributed by atoms with van der Waals surface area (Å²) in [5.41, 5.74) is 6.72. The SMILES string of the molecule is COc1ccc(N)c(C#CCCNC(C)=O)n1. The molecule has 0 radical (unpaired) electrons. The summed E-state index contributed by atoms with van der Waals surface area (Å²) in [4.78, 5) is 14.7. The first-order valence-electron chi connectivity index (χ1n) is 5.17. The number of rotatable bonds is 3. The van der Waals surface area contributed by atoms with E-state index in [0.717, 1.165) is 0 Å². The second-order valence-corrected chi connectivity index (χ2v) is 3.33. The lowest BCUT2D eigenvalue weighted by atomic mass is 10.3. The van der Waals surface area contributed by atoms with Gasteiger partial charge in [-0.05, 0) is 12.0 Å². The number of hydrogen-bond acceptors (Lipinski definition) is 4. The number of nitrogens with zero attached hydrogens (tertiary/aromatic N) is 1. The van der Waals surface area contributed by atoms with Crippen LogP contribution in [0.4, 0.5) is 5.69 Å². The van der Waals surface area contributed by atoms with E-state index in [2.05, 4.69) is 22.1 Å². The van der Waals surface area contributed by atoms with E-state index in [4.69, 9.17) is 10.5 Å². The number of aromatic nitrogens is 1. The van der Waals surface area contributed by atoms with E-state index in [-0.39, 0.29) is 5.91 Å². The maximum Gasteiger partial charge on any atom is 0.216 e. The third-order valence-electron chi connectivity index (χ3n) is 1.94. The number of amides is 1. The first-order chi connectivity index (χ1) is 8.13. The van der Waals surface area contributed by atoms with E-state index in [1.807, 2.05) is 0 Å². The molecule has 1 heterocycles. The highest BCUT2D eigenvalue weighted by atomic mass is 16.5. The molecule has 0 atom stereocenters. The van der Waals surface area contributed by atoms with E-state index >= 15 is 0 Å². The first-order valence-corrected chi connectivity index (χ1v) is 5.17. The molecule has 1 rings (SSSR count). The first kappa shape index (κ1) is 12.8. The van der Waals surface area contributed by atoms with Gasteiger partial charge in [-0.2, -0.15) is 0 Å². The van der Waals surface area contributed by atoms with Gasteiger partial charge < -0.3 is 15.8 Å². The lowest BCUT2D eigenvalue weighted by Gasteiger charge is -2.01. The minimum atomic E-state index is -0.0641. The Hall–Kier alpha value is -2.22. The van der Waals surface area contributed by atoms with Gasteiger partial charge in [0.15, 0.2) is 0 Å². The Morgan fingerprint density at radius 2 is 2.35 bits per heavy atom. The summed E-state index contributed by atoms with van der Waals surface area (Å²) in [6, 6.07) is 3.38. The Bertz CT molecular complexity index is 461. The summed E-state index contributed by atoms with van der Waals surface area (Å²) in [7, 11) is 1.53. The van der Waals surface area contributed by atoms with Crippen molar-refractivity contribution in [2.45, 2.75) is 13.3 Å². The Kier molecular flexibility index (Phi) is 4.82. The van der Waals surface area contributed by atoms with Crippen LogP contribution in [0.15, 0.2) is 12.1 Å². The van der Waals surface area contributed by atoms with Crippen molar-refractivity contribution < 1.29 is 9.53 Å². The highest BCUT2D eigenvalue weighted by Gasteiger charge is 1.99. The Morgan fingerprint density at radius 1 is 1.59 bits per heavy atom. The van der Waals surface area contributed by atoms with E-state index in [1.165, 1.54) is 14.0 Å². The van der Waals surface area contributed by atoms with Crippen molar-refractivity contribution in [3.8, 4) is 17.7 Å². The minimum absolute atomic E-state index is 0.0641. The third kappa shape index (κ3) is 4.43. The molecule has 5 nitrogen and oxygen atoms in total. The molecule has 0 fully saturated rings. The number of methoxy groups -OCH3 is 1. The molecule has 0 saturated carbocycles. The molecule has 5 heteroatoms. The number of pyridine rings is 1. The molecule has 17 heavy (non-hydrogen) atoms. The van der Waals surface area contributed by atoms with Gasteiger partial charge in [-0.25, -0.2) is 4.98 Å². The molecule has 0 spiro atoms. The summed E-state index contributed by atoms with van der Waals surface area (Å²) in [6.45, 7) is 1.99. The molecule has 0 unspecified atom stereocenters. The normalized spacial score (nSPS) is 9.06. The number of carbonyl (C=O) groups excluding carboxylic acids is 1. The molecular formula is C12H15N3O2. The van der Waals surface area contributed by atoms with Crippen LogP contribution >= 0.6 is 0 Å². The predicted octanol–water partition coefficient (Wildman–Crippen LogP) is 0.550. The van der Waals surface area contributed by atoms with Crippen molar-refractivity contribution in [3.63, 3.8) is 0 Å². The van der Waals surface area contributed by atoms with Crippen molar-refractivity contribution in [2.75, 3.05) is 19.4 Å². The molecule has 0 saturated heterocycles. The summed E-state index contributed by atoms with van der Waals surface area (Å²) < 4.78 is 4.98. The van der Waals surface area contributed by atoms with Gasteiger partial charge in [0, 0.05) is 26.0 Å². The van der Waals surface area contributed by atoms with Gasteiger partial charge in [0.2, 0.25) is 11.8 Å². The summed E-state index contributed by atoms with van der Waals surface area (Å²) in [5, 5.41) is 2.65. The molecule has 0 aliphatic heterocycles. The van der Waals surface area contributed by atoms with Crippen LogP contribution in [0, 0.1) is 11.8 Å². The Labute approximate surface area is 100 Å². The molecular weight excluding hydrogens is 218 g/mol. The molecule has 1 amide bonds. The van der Waals surface area contributed by atoms with Gasteiger partial charge in [-0.3, -0.25) is 4.79 Å². The second kappa shape index (κ2) is 6.38. The quantitative estimate of drug-likeness (QED) is 0.590. The van der Waals surface area contributed by atoms with Crippen LogP contribution in [0.3, 0.4) is 0 Å². The Balaban J connectivity index is 2.61. The van der Waals surface area contributed by atoms with Crippen molar-refractivity contribution in [1.82, 2.24) is 10.3 Å². The van der Waals surface area contributed by atoms with Crippen LogP contribution in [0.2, 0.25) is 0 Å². The number of nitrogens with one attached hydrogen (secondary N) is 1. The summed E-state index contributed by atoms with van der Waals surface area (Å²) >= 11 is 0. The van der Waals surface area contributed by atoms with E-state index in [1.54, 1.807) is 12.1 Å². The second-order valence-electron chi connectivity index (χ2n) is 3.33. The minimum Gasteiger partial charge on any atom is -0.481 e. The van der Waals surface area contributed by atoms with Crippen LogP contribution in [0.25, 0.3) is 0 Å². The smallest absolute Gasteiger partial charge is 0.216 e. The molecule has 0 aromatic carbocycles. The largest absolute Gasteiger partial charge is 0.481 e. The fraction of sp³-hybridized carbons (Fsp3) is 0.333. The van der Waals surface area contributed by atoms with E-state index in [0.29, 0.717) is 30.2 Å². The van der Waals surface area contributed by atoms with Gasteiger partial charge in [0.1, 0.15) is 5.69 Å². The average molecular weight is 233 g/mol. The fourth-order valence-corrected chi connectivity index (χ4v) is 1.11. The standard InChI is InChI=1S/C12H15N3O2/c1-9(16)14-8-4-3-5-11-10(13)6-7-12(15-11)17-2/h6-7H,4,8,13H2,1-2H3,(H,14,16). The number of carbonyl (C=O) groups is 1. The van der Waals surface area contributed by atoms with Gasteiger partial charge in [0.05, 0.1) is 12.8 Å². The molecule has 0 bridgehead atoms. The maximum atomic E-state index is 10.6. The van der Waals surface area contributed by atoms with Crippen molar-refractivity contribution in [3.05, 3.63) is 17.8 Å². The third-order valence-corrected chi connectivity index (χ3v) is 1.94. The number of hydrogen-bond donors (Lipinski definition) is 2. The zero-order valence-corrected chi connectivity index (χ0v) is 9.91. The van der Waals surface area contributed by atoms with Crippen molar-refractivity contribution >= 4 is 11.6 Å². The van der Waals surface area contributed by atoms with Crippen LogP contribution in [-0.4, -0.2) is 24.5 Å². The summed E-state index contributed by atoms with van der Waals surface area (Å²) in [5.74, 6) is 6.14. The molecule has 0 aliphatic carbocycles. The average Bonchev–Trinajstić information content (AvgIpc) is 2.30. The van der Waals surface area contributed by atoms with Gasteiger partial charge in [0.25, 0.3) is 0 Å². The maximum absolute atomic E-state index is 10.6. The van der Waals surface area contributed by atoms with Gasteiger partial charge in [-0.15, -0.1) is 0 Å². The molecule has 90 valence electrons. The zero-order valence-electron chi connectivity index (χ0n) is 9.91. The lowest BCUT2D eigenvalue weighted by Crippen LogP contribution is -2.20. The van der Waals surface area contributed by atoms with Gasteiger partial charge in [-0.1, -0.05) is 5.92 Å². The summed E-state index contributed by atoms with van der Waals surface area (Å²) in [6.07, 6.45) is 0.553. The fourth-order valence-electron chi connectivity index (χ4n) is 1.11. The highest BCUT2D eigenvalue weighted by molar-refractivity contribution is 5.72. The number of ether oxygens (including phenoxy) is 1. The van der Waals surface area contributed by atoms with Gasteiger partial charge >= 0.3 is 0 Å². The number of nitrogens with two attached hydrogens (primary N) is 1. The van der Waals surface area contributed by atoms with E-state index in [9.17, 15) is 4.79 Å². The molecule has 1 aromatic heterocycles. The van der Waals surface area contributed by atoms with Crippen LogP contribution < -0.4 is 15.8 Å².